The maximum Gasteiger partial charge on any atom is 0.254 e. The van der Waals surface area contributed by atoms with Gasteiger partial charge in [0.1, 0.15) is 17.3 Å². The smallest absolute Gasteiger partial charge is 0.254 e. The number of hydrogen-bond acceptors (Lipinski definition) is 7. The molecule has 3 aromatic rings. The molecule has 2 heterocycles. The molecule has 0 radical (unpaired) electrons. The average Bonchev–Trinajstić information content (AvgIpc) is 3.24. The third kappa shape index (κ3) is 6.11. The third-order valence-corrected chi connectivity index (χ3v) is 7.04. The van der Waals surface area contributed by atoms with Crippen LogP contribution in [0.3, 0.4) is 0 Å². The number of aromatic amines is 1. The molecule has 1 amide bonds. The fraction of sp³-hybridized carbons (Fsp3) is 0.355. The van der Waals surface area contributed by atoms with Crippen molar-refractivity contribution in [2.75, 3.05) is 32.6 Å². The van der Waals surface area contributed by atoms with Crippen molar-refractivity contribution < 1.29 is 19.1 Å². The number of carbonyl (C=O) groups excluding carboxylic acids is 2. The van der Waals surface area contributed by atoms with Crippen molar-refractivity contribution in [3.63, 3.8) is 0 Å². The summed E-state index contributed by atoms with van der Waals surface area (Å²) < 4.78 is 11.5. The maximum atomic E-state index is 13.7. The average molecular weight is 560 g/mol. The number of amides is 1. The predicted molar refractivity (Wildman–Crippen MR) is 159 cm³/mol. The number of carbonyl (C=O) groups is 2. The van der Waals surface area contributed by atoms with Crippen molar-refractivity contribution >= 4 is 23.2 Å². The number of ether oxygens (including phenoxy) is 2. The Morgan fingerprint density at radius 2 is 1.93 bits per heavy atom. The van der Waals surface area contributed by atoms with Gasteiger partial charge in [0.2, 0.25) is 0 Å². The zero-order valence-corrected chi connectivity index (χ0v) is 24.4. The maximum absolute atomic E-state index is 13.7. The van der Waals surface area contributed by atoms with Crippen molar-refractivity contribution in [2.45, 2.75) is 46.2 Å². The quantitative estimate of drug-likeness (QED) is 0.275. The number of benzene rings is 2. The Balaban J connectivity index is 1.64. The first-order valence-corrected chi connectivity index (χ1v) is 13.5. The van der Waals surface area contributed by atoms with Gasteiger partial charge in [-0.1, -0.05) is 26.8 Å². The topological polar surface area (TPSA) is 137 Å². The minimum atomic E-state index is -0.342. The monoisotopic (exact) mass is 559 g/mol. The van der Waals surface area contributed by atoms with E-state index in [4.69, 9.17) is 14.9 Å². The lowest BCUT2D eigenvalue weighted by atomic mass is 9.84. The summed E-state index contributed by atoms with van der Waals surface area (Å²) in [4.78, 5) is 42.7. The number of fused-ring (bicyclic) bond motifs is 1. The fourth-order valence-corrected chi connectivity index (χ4v) is 4.90. The van der Waals surface area contributed by atoms with Crippen LogP contribution in [0.1, 0.15) is 70.7 Å². The van der Waals surface area contributed by atoms with Crippen LogP contribution >= 0.6 is 0 Å². The Bertz CT molecular complexity index is 1550. The molecule has 0 bridgehead atoms. The highest BCUT2D eigenvalue weighted by Crippen LogP contribution is 2.39. The zero-order chi connectivity index (χ0) is 29.9. The van der Waals surface area contributed by atoms with E-state index >= 15 is 0 Å². The summed E-state index contributed by atoms with van der Waals surface area (Å²) in [7, 11) is 3.13. The van der Waals surface area contributed by atoms with Crippen LogP contribution in [0.25, 0.3) is 0 Å². The van der Waals surface area contributed by atoms with E-state index in [9.17, 15) is 14.4 Å². The fourth-order valence-electron chi connectivity index (χ4n) is 4.90. The second-order valence-electron chi connectivity index (χ2n) is 10.9. The van der Waals surface area contributed by atoms with Crippen LogP contribution in [0.15, 0.2) is 47.4 Å². The predicted octanol–water partition coefficient (Wildman–Crippen LogP) is 4.08. The molecule has 1 aromatic heterocycles. The summed E-state index contributed by atoms with van der Waals surface area (Å²) in [6, 6.07) is 10.5. The van der Waals surface area contributed by atoms with Gasteiger partial charge >= 0.3 is 0 Å². The Morgan fingerprint density at radius 1 is 1.17 bits per heavy atom. The molecule has 10 nitrogen and oxygen atoms in total. The van der Waals surface area contributed by atoms with E-state index in [1.165, 1.54) is 0 Å². The molecular weight excluding hydrogens is 522 g/mol. The lowest BCUT2D eigenvalue weighted by molar-refractivity contribution is 0.0953. The summed E-state index contributed by atoms with van der Waals surface area (Å²) in [5.74, 6) is 0.752. The van der Waals surface area contributed by atoms with Crippen LogP contribution in [-0.4, -0.2) is 54.7 Å². The summed E-state index contributed by atoms with van der Waals surface area (Å²) in [5.41, 5.74) is 3.68. The Hall–Kier alpha value is -4.60. The summed E-state index contributed by atoms with van der Waals surface area (Å²) in [5, 5.41) is 14.7. The highest BCUT2D eigenvalue weighted by molar-refractivity contribution is 6.08. The van der Waals surface area contributed by atoms with Crippen molar-refractivity contribution in [2.24, 2.45) is 0 Å². The molecule has 4 rings (SSSR count). The molecule has 0 aliphatic carbocycles. The number of hydrogen-bond donors (Lipinski definition) is 4. The number of methoxy groups -OCH3 is 1. The molecule has 0 unspecified atom stereocenters. The molecule has 0 saturated heterocycles. The molecule has 0 saturated carbocycles. The Morgan fingerprint density at radius 3 is 2.56 bits per heavy atom. The van der Waals surface area contributed by atoms with E-state index in [1.807, 2.05) is 33.8 Å². The third-order valence-electron chi connectivity index (χ3n) is 7.04. The molecule has 1 aliphatic heterocycles. The second-order valence-corrected chi connectivity index (χ2v) is 10.9. The van der Waals surface area contributed by atoms with Gasteiger partial charge in [0.05, 0.1) is 31.5 Å². The van der Waals surface area contributed by atoms with E-state index in [2.05, 4.69) is 15.6 Å². The van der Waals surface area contributed by atoms with Gasteiger partial charge in [-0.15, -0.1) is 0 Å². The van der Waals surface area contributed by atoms with E-state index in [0.717, 1.165) is 11.1 Å². The molecule has 41 heavy (non-hydrogen) atoms. The molecule has 0 atom stereocenters. The van der Waals surface area contributed by atoms with Crippen molar-refractivity contribution in [1.82, 2.24) is 15.2 Å². The summed E-state index contributed by atoms with van der Waals surface area (Å²) in [6.07, 6.45) is 1.58. The summed E-state index contributed by atoms with van der Waals surface area (Å²) >= 11 is 0. The first-order chi connectivity index (χ1) is 19.5. The molecule has 1 aliphatic rings. The molecule has 2 aromatic carbocycles. The van der Waals surface area contributed by atoms with E-state index in [-0.39, 0.29) is 41.6 Å². The normalized spacial score (nSPS) is 12.6. The van der Waals surface area contributed by atoms with Gasteiger partial charge in [-0.3, -0.25) is 19.8 Å². The van der Waals surface area contributed by atoms with Crippen LogP contribution in [0.2, 0.25) is 0 Å². The first-order valence-electron chi connectivity index (χ1n) is 13.5. The Labute approximate surface area is 239 Å². The van der Waals surface area contributed by atoms with Gasteiger partial charge in [0.15, 0.2) is 5.78 Å². The number of rotatable bonds is 10. The highest BCUT2D eigenvalue weighted by atomic mass is 16.5. The minimum absolute atomic E-state index is 0.0273. The number of nitrogens with one attached hydrogen (secondary N) is 4. The number of H-pyrrole nitrogens is 1. The highest BCUT2D eigenvalue weighted by Gasteiger charge is 2.30. The van der Waals surface area contributed by atoms with Gasteiger partial charge in [0.25, 0.3) is 11.5 Å². The van der Waals surface area contributed by atoms with Gasteiger partial charge in [-0.2, -0.15) is 0 Å². The lowest BCUT2D eigenvalue weighted by Gasteiger charge is -2.26. The SMILES string of the molecule is CCOc1cc2c(cc1C(=O)NC)C(=N)N(CC(=O)c1cc(NCc3ccc[nH]c3=O)c(OC)c(C(C)(C)C)c1)C2. The van der Waals surface area contributed by atoms with Crippen LogP contribution in [0, 0.1) is 5.41 Å². The first kappa shape index (κ1) is 29.4. The van der Waals surface area contributed by atoms with Gasteiger partial charge in [-0.05, 0) is 48.2 Å². The number of anilines is 1. The number of pyridine rings is 1. The standard InChI is InChI=1S/C31H37N5O5/c1-7-41-26-13-20-16-36(28(32)21(20)14-22(26)30(39)33-5)17-25(37)19-11-23(31(2,3)4)27(40-6)24(12-19)35-15-18-9-8-10-34-29(18)38/h8-14,32,35H,7,15-17H2,1-6H3,(H,33,39)(H,34,38). The minimum Gasteiger partial charge on any atom is -0.494 e. The Kier molecular flexibility index (Phi) is 8.51. The molecule has 10 heteroatoms. The van der Waals surface area contributed by atoms with Crippen molar-refractivity contribution in [3.05, 3.63) is 86.3 Å². The van der Waals surface area contributed by atoms with E-state index in [1.54, 1.807) is 55.6 Å². The largest absolute Gasteiger partial charge is 0.494 e. The molecular formula is C31H37N5O5. The number of ketones is 1. The van der Waals surface area contributed by atoms with Crippen LogP contribution in [-0.2, 0) is 18.5 Å². The lowest BCUT2D eigenvalue weighted by Crippen LogP contribution is -2.30. The number of amidine groups is 1. The molecule has 0 fully saturated rings. The molecule has 216 valence electrons. The van der Waals surface area contributed by atoms with Crippen LogP contribution < -0.4 is 25.7 Å². The van der Waals surface area contributed by atoms with Gasteiger partial charge in [0, 0.05) is 48.6 Å². The zero-order valence-electron chi connectivity index (χ0n) is 24.4. The van der Waals surface area contributed by atoms with E-state index in [0.29, 0.717) is 52.6 Å². The van der Waals surface area contributed by atoms with Gasteiger partial charge < -0.3 is 30.0 Å². The summed E-state index contributed by atoms with van der Waals surface area (Å²) in [6.45, 7) is 8.92. The van der Waals surface area contributed by atoms with E-state index < -0.39 is 0 Å². The van der Waals surface area contributed by atoms with Crippen LogP contribution in [0.4, 0.5) is 5.69 Å². The van der Waals surface area contributed by atoms with Gasteiger partial charge in [-0.25, -0.2) is 0 Å². The number of Topliss-reactive ketones (excluding diaryl/α,β-unsaturated/α-hetero) is 1. The number of nitrogens with zero attached hydrogens (tertiary/aromatic N) is 1. The molecule has 4 N–H and O–H groups in total. The van der Waals surface area contributed by atoms with Crippen LogP contribution in [0.5, 0.6) is 11.5 Å². The molecule has 0 spiro atoms. The second kappa shape index (κ2) is 11.9. The number of aromatic nitrogens is 1. The van der Waals surface area contributed by atoms with Crippen molar-refractivity contribution in [3.8, 4) is 11.5 Å². The van der Waals surface area contributed by atoms with Crippen molar-refractivity contribution in [1.29, 1.82) is 5.41 Å².